The van der Waals surface area contributed by atoms with Crippen LogP contribution in [0.2, 0.25) is 0 Å². The lowest BCUT2D eigenvalue weighted by molar-refractivity contribution is 0.122. The summed E-state index contributed by atoms with van der Waals surface area (Å²) in [6.45, 7) is 11.2. The summed E-state index contributed by atoms with van der Waals surface area (Å²) in [5, 5.41) is 1.13. The highest BCUT2D eigenvalue weighted by Crippen LogP contribution is 2.25. The molecule has 2 saturated heterocycles. The lowest BCUT2D eigenvalue weighted by Crippen LogP contribution is -2.47. The van der Waals surface area contributed by atoms with Crippen LogP contribution in [0.3, 0.4) is 0 Å². The lowest BCUT2D eigenvalue weighted by Gasteiger charge is -2.36. The van der Waals surface area contributed by atoms with Crippen molar-refractivity contribution in [2.24, 2.45) is 0 Å². The molecule has 7 nitrogen and oxygen atoms in total. The second-order valence-corrected chi connectivity index (χ2v) is 7.71. The van der Waals surface area contributed by atoms with Gasteiger partial charge in [-0.1, -0.05) is 0 Å². The Balaban J connectivity index is 1.46. The van der Waals surface area contributed by atoms with E-state index in [1.165, 1.54) is 4.88 Å². The molecule has 134 valence electrons. The smallest absolute Gasteiger partial charge is 0.227 e. The van der Waals surface area contributed by atoms with Crippen LogP contribution in [0.1, 0.15) is 10.6 Å². The van der Waals surface area contributed by atoms with E-state index in [0.29, 0.717) is 0 Å². The first kappa shape index (κ1) is 16.5. The number of rotatable bonds is 3. The molecule has 0 atom stereocenters. The Labute approximate surface area is 152 Å². The molecule has 0 unspecified atom stereocenters. The average Bonchev–Trinajstić information content (AvgIpc) is 3.08. The van der Waals surface area contributed by atoms with E-state index in [1.807, 2.05) is 13.1 Å². The molecule has 2 aromatic heterocycles. The maximum absolute atomic E-state index is 5.44. The fourth-order valence-corrected chi connectivity index (χ4v) is 4.03. The van der Waals surface area contributed by atoms with Crippen LogP contribution in [0, 0.1) is 13.8 Å². The first-order valence-corrected chi connectivity index (χ1v) is 9.61. The largest absolute Gasteiger partial charge is 0.378 e. The minimum absolute atomic E-state index is 0.749. The van der Waals surface area contributed by atoms with E-state index in [1.54, 1.807) is 11.3 Å². The standard InChI is InChI=1S/C17H24N6OS/c1-13-11-15(20-16(19-13)22-7-9-24-10-8-22)21-3-5-23(6-4-21)17-18-12-14(2)25-17/h11-12H,3-10H2,1-2H3. The molecule has 0 aromatic carbocycles. The number of aromatic nitrogens is 3. The molecular weight excluding hydrogens is 336 g/mol. The molecule has 0 radical (unpaired) electrons. The van der Waals surface area contributed by atoms with Crippen molar-refractivity contribution in [3.05, 3.63) is 22.8 Å². The predicted molar refractivity (Wildman–Crippen MR) is 101 cm³/mol. The second kappa shape index (κ2) is 7.13. The summed E-state index contributed by atoms with van der Waals surface area (Å²) < 4.78 is 5.44. The molecule has 4 rings (SSSR count). The van der Waals surface area contributed by atoms with Crippen LogP contribution >= 0.6 is 11.3 Å². The third-order valence-electron chi connectivity index (χ3n) is 4.61. The summed E-state index contributed by atoms with van der Waals surface area (Å²) in [6, 6.07) is 2.09. The van der Waals surface area contributed by atoms with E-state index >= 15 is 0 Å². The van der Waals surface area contributed by atoms with Gasteiger partial charge in [0, 0.05) is 62.1 Å². The molecule has 0 saturated carbocycles. The molecule has 2 aromatic rings. The molecule has 8 heteroatoms. The molecular formula is C17H24N6OS. The molecule has 0 amide bonds. The normalized spacial score (nSPS) is 18.7. The van der Waals surface area contributed by atoms with Gasteiger partial charge >= 0.3 is 0 Å². The maximum Gasteiger partial charge on any atom is 0.227 e. The Bertz CT molecular complexity index is 722. The summed E-state index contributed by atoms with van der Waals surface area (Å²) in [7, 11) is 0. The summed E-state index contributed by atoms with van der Waals surface area (Å²) in [5.41, 5.74) is 1.02. The quantitative estimate of drug-likeness (QED) is 0.826. The molecule has 0 N–H and O–H groups in total. The van der Waals surface area contributed by atoms with Gasteiger partial charge in [0.1, 0.15) is 5.82 Å². The number of morpholine rings is 1. The van der Waals surface area contributed by atoms with E-state index in [0.717, 1.165) is 75.1 Å². The van der Waals surface area contributed by atoms with Crippen LogP contribution in [0.15, 0.2) is 12.3 Å². The van der Waals surface area contributed by atoms with Gasteiger partial charge in [0.05, 0.1) is 13.2 Å². The predicted octanol–water partition coefficient (Wildman–Crippen LogP) is 1.71. The van der Waals surface area contributed by atoms with Crippen LogP contribution in [-0.4, -0.2) is 67.4 Å². The number of nitrogens with zero attached hydrogens (tertiary/aromatic N) is 6. The van der Waals surface area contributed by atoms with Crippen molar-refractivity contribution in [3.63, 3.8) is 0 Å². The van der Waals surface area contributed by atoms with Gasteiger partial charge in [-0.3, -0.25) is 0 Å². The zero-order chi connectivity index (χ0) is 17.2. The van der Waals surface area contributed by atoms with Crippen LogP contribution in [-0.2, 0) is 4.74 Å². The Morgan fingerprint density at radius 2 is 1.64 bits per heavy atom. The molecule has 0 spiro atoms. The lowest BCUT2D eigenvalue weighted by atomic mass is 10.3. The van der Waals surface area contributed by atoms with Crippen LogP contribution in [0.4, 0.5) is 16.9 Å². The van der Waals surface area contributed by atoms with Crippen molar-refractivity contribution in [1.82, 2.24) is 15.0 Å². The van der Waals surface area contributed by atoms with Gasteiger partial charge in [-0.2, -0.15) is 4.98 Å². The number of hydrogen-bond acceptors (Lipinski definition) is 8. The summed E-state index contributed by atoms with van der Waals surface area (Å²) in [4.78, 5) is 22.2. The van der Waals surface area contributed by atoms with Crippen molar-refractivity contribution in [1.29, 1.82) is 0 Å². The minimum atomic E-state index is 0.749. The van der Waals surface area contributed by atoms with E-state index in [4.69, 9.17) is 9.72 Å². The SMILES string of the molecule is Cc1cc(N2CCN(c3ncc(C)s3)CC2)nc(N2CCOCC2)n1. The van der Waals surface area contributed by atoms with Crippen molar-refractivity contribution in [2.45, 2.75) is 13.8 Å². The zero-order valence-electron chi connectivity index (χ0n) is 14.8. The number of hydrogen-bond donors (Lipinski definition) is 0. The van der Waals surface area contributed by atoms with E-state index in [-0.39, 0.29) is 0 Å². The van der Waals surface area contributed by atoms with E-state index < -0.39 is 0 Å². The fraction of sp³-hybridized carbons (Fsp3) is 0.588. The number of aryl methyl sites for hydroxylation is 2. The Morgan fingerprint density at radius 1 is 0.920 bits per heavy atom. The highest BCUT2D eigenvalue weighted by atomic mass is 32.1. The number of ether oxygens (including phenoxy) is 1. The van der Waals surface area contributed by atoms with Gasteiger partial charge < -0.3 is 19.4 Å². The first-order valence-electron chi connectivity index (χ1n) is 8.80. The molecule has 4 heterocycles. The molecule has 25 heavy (non-hydrogen) atoms. The summed E-state index contributed by atoms with van der Waals surface area (Å²) >= 11 is 1.77. The molecule has 2 aliphatic heterocycles. The van der Waals surface area contributed by atoms with E-state index in [9.17, 15) is 0 Å². The van der Waals surface area contributed by atoms with Crippen LogP contribution in [0.5, 0.6) is 0 Å². The van der Waals surface area contributed by atoms with Gasteiger partial charge in [-0.25, -0.2) is 9.97 Å². The highest BCUT2D eigenvalue weighted by Gasteiger charge is 2.22. The summed E-state index contributed by atoms with van der Waals surface area (Å²) in [6.07, 6.45) is 1.95. The van der Waals surface area contributed by atoms with Crippen molar-refractivity contribution in [2.75, 3.05) is 67.2 Å². The highest BCUT2D eigenvalue weighted by molar-refractivity contribution is 7.15. The van der Waals surface area contributed by atoms with Gasteiger partial charge in [0.15, 0.2) is 5.13 Å². The number of anilines is 3. The number of thiazole rings is 1. The molecule has 2 aliphatic rings. The van der Waals surface area contributed by atoms with Crippen molar-refractivity contribution < 1.29 is 4.74 Å². The van der Waals surface area contributed by atoms with Gasteiger partial charge in [0.25, 0.3) is 0 Å². The zero-order valence-corrected chi connectivity index (χ0v) is 15.6. The Hall–Kier alpha value is -1.93. The average molecular weight is 360 g/mol. The van der Waals surface area contributed by atoms with Crippen molar-refractivity contribution >= 4 is 28.2 Å². The van der Waals surface area contributed by atoms with Crippen LogP contribution in [0.25, 0.3) is 0 Å². The van der Waals surface area contributed by atoms with Crippen LogP contribution < -0.4 is 14.7 Å². The van der Waals surface area contributed by atoms with E-state index in [2.05, 4.69) is 37.7 Å². The monoisotopic (exact) mass is 360 g/mol. The minimum Gasteiger partial charge on any atom is -0.378 e. The third kappa shape index (κ3) is 3.69. The van der Waals surface area contributed by atoms with Gasteiger partial charge in [-0.05, 0) is 13.8 Å². The van der Waals surface area contributed by atoms with Gasteiger partial charge in [0.2, 0.25) is 5.95 Å². The first-order chi connectivity index (χ1) is 12.2. The Morgan fingerprint density at radius 3 is 2.32 bits per heavy atom. The summed E-state index contributed by atoms with van der Waals surface area (Å²) in [5.74, 6) is 1.86. The maximum atomic E-state index is 5.44. The number of piperazine rings is 1. The second-order valence-electron chi connectivity index (χ2n) is 6.49. The van der Waals surface area contributed by atoms with Gasteiger partial charge in [-0.15, -0.1) is 11.3 Å². The van der Waals surface area contributed by atoms with Crippen molar-refractivity contribution in [3.8, 4) is 0 Å². The topological polar surface area (TPSA) is 57.6 Å². The third-order valence-corrected chi connectivity index (χ3v) is 5.58. The Kier molecular flexibility index (Phi) is 4.72. The molecule has 0 bridgehead atoms. The fourth-order valence-electron chi connectivity index (χ4n) is 3.22. The molecule has 2 fully saturated rings. The molecule has 0 aliphatic carbocycles.